The van der Waals surface area contributed by atoms with E-state index in [0.717, 1.165) is 23.8 Å². The van der Waals surface area contributed by atoms with Crippen LogP contribution in [0.3, 0.4) is 0 Å². The average molecular weight is 226 g/mol. The maximum atomic E-state index is 5.76. The molecule has 4 N–H and O–H groups in total. The normalized spacial score (nSPS) is 22.1. The minimum Gasteiger partial charge on any atom is -0.399 e. The third-order valence-corrected chi connectivity index (χ3v) is 3.00. The topological polar surface area (TPSA) is 67.6 Å². The molecule has 0 radical (unpaired) electrons. The van der Waals surface area contributed by atoms with Crippen LogP contribution in [0, 0.1) is 0 Å². The number of nitrogen functional groups attached to an aromatic ring is 1. The lowest BCUT2D eigenvalue weighted by Gasteiger charge is -2.17. The predicted molar refractivity (Wildman–Crippen MR) is 69.1 cm³/mol. The Morgan fingerprint density at radius 1 is 1.12 bits per heavy atom. The second-order valence-electron chi connectivity index (χ2n) is 4.28. The standard InChI is InChI=1S/C13H14N4/c14-10-3-1-9(2-4-10)12-8-17-7-11(15)5-6-13(17)16-12/h1-7,12H,8,14-15H2. The summed E-state index contributed by atoms with van der Waals surface area (Å²) in [5.41, 5.74) is 14.2. The number of hydrogen-bond donors (Lipinski definition) is 2. The number of hydrogen-bond acceptors (Lipinski definition) is 4. The van der Waals surface area contributed by atoms with Gasteiger partial charge in [0.25, 0.3) is 0 Å². The van der Waals surface area contributed by atoms with Gasteiger partial charge in [-0.3, -0.25) is 4.99 Å². The minimum absolute atomic E-state index is 0.164. The molecule has 0 spiro atoms. The van der Waals surface area contributed by atoms with Gasteiger partial charge in [0, 0.05) is 17.6 Å². The number of nitrogens with zero attached hydrogens (tertiary/aromatic N) is 2. The molecule has 0 saturated heterocycles. The van der Waals surface area contributed by atoms with Crippen molar-refractivity contribution in [2.75, 3.05) is 12.3 Å². The zero-order valence-corrected chi connectivity index (χ0v) is 9.38. The van der Waals surface area contributed by atoms with E-state index in [1.54, 1.807) is 0 Å². The molecule has 0 aliphatic carbocycles. The number of rotatable bonds is 1. The molecule has 3 rings (SSSR count). The van der Waals surface area contributed by atoms with Crippen molar-refractivity contribution >= 4 is 11.5 Å². The highest BCUT2D eigenvalue weighted by atomic mass is 15.2. The Morgan fingerprint density at radius 2 is 1.88 bits per heavy atom. The van der Waals surface area contributed by atoms with Crippen LogP contribution in [0.2, 0.25) is 0 Å². The van der Waals surface area contributed by atoms with Gasteiger partial charge >= 0.3 is 0 Å². The summed E-state index contributed by atoms with van der Waals surface area (Å²) in [5, 5.41) is 0. The average Bonchev–Trinajstić information content (AvgIpc) is 2.72. The summed E-state index contributed by atoms with van der Waals surface area (Å²) in [5.74, 6) is 0.973. The van der Waals surface area contributed by atoms with E-state index in [2.05, 4.69) is 9.89 Å². The SMILES string of the molecule is NC1=CN2CC(c3ccc(N)cc3)N=C2C=C1. The van der Waals surface area contributed by atoms with Crippen molar-refractivity contribution in [2.24, 2.45) is 10.7 Å². The predicted octanol–water partition coefficient (Wildman–Crippen LogP) is 1.39. The van der Waals surface area contributed by atoms with E-state index >= 15 is 0 Å². The van der Waals surface area contributed by atoms with Crippen molar-refractivity contribution < 1.29 is 0 Å². The summed E-state index contributed by atoms with van der Waals surface area (Å²) >= 11 is 0. The first-order valence-electron chi connectivity index (χ1n) is 5.57. The molecule has 0 aromatic heterocycles. The molecule has 86 valence electrons. The van der Waals surface area contributed by atoms with E-state index in [4.69, 9.17) is 11.5 Å². The van der Waals surface area contributed by atoms with Gasteiger partial charge in [-0.25, -0.2) is 0 Å². The molecule has 2 aliphatic rings. The van der Waals surface area contributed by atoms with Crippen molar-refractivity contribution in [3.8, 4) is 0 Å². The van der Waals surface area contributed by atoms with Crippen LogP contribution in [-0.2, 0) is 0 Å². The molecule has 17 heavy (non-hydrogen) atoms. The quantitative estimate of drug-likeness (QED) is 0.711. The summed E-state index contributed by atoms with van der Waals surface area (Å²) in [4.78, 5) is 6.74. The Bertz CT molecular complexity index is 525. The molecule has 1 atom stereocenters. The van der Waals surface area contributed by atoms with Gasteiger partial charge in [0.1, 0.15) is 5.84 Å². The monoisotopic (exact) mass is 226 g/mol. The fourth-order valence-electron chi connectivity index (χ4n) is 2.10. The molecular weight excluding hydrogens is 212 g/mol. The van der Waals surface area contributed by atoms with Crippen LogP contribution < -0.4 is 11.5 Å². The highest BCUT2D eigenvalue weighted by Crippen LogP contribution is 2.27. The van der Waals surface area contributed by atoms with Gasteiger partial charge in [-0.1, -0.05) is 12.1 Å². The molecule has 0 fully saturated rings. The molecule has 0 bridgehead atoms. The zero-order chi connectivity index (χ0) is 11.8. The van der Waals surface area contributed by atoms with Gasteiger partial charge in [-0.15, -0.1) is 0 Å². The smallest absolute Gasteiger partial charge is 0.128 e. The van der Waals surface area contributed by atoms with Gasteiger partial charge in [-0.2, -0.15) is 0 Å². The van der Waals surface area contributed by atoms with E-state index in [9.17, 15) is 0 Å². The summed E-state index contributed by atoms with van der Waals surface area (Å²) in [6, 6.07) is 8.04. The Morgan fingerprint density at radius 3 is 2.65 bits per heavy atom. The van der Waals surface area contributed by atoms with Crippen molar-refractivity contribution in [1.82, 2.24) is 4.90 Å². The Labute approximate surface area is 99.9 Å². The van der Waals surface area contributed by atoms with Crippen LogP contribution in [0.15, 0.2) is 53.3 Å². The first kappa shape index (κ1) is 9.96. The number of anilines is 1. The summed E-state index contributed by atoms with van der Waals surface area (Å²) in [6.45, 7) is 0.838. The summed E-state index contributed by atoms with van der Waals surface area (Å²) < 4.78 is 0. The first-order chi connectivity index (χ1) is 8.22. The fraction of sp³-hybridized carbons (Fsp3) is 0.154. The molecule has 1 unspecified atom stereocenters. The second-order valence-corrected chi connectivity index (χ2v) is 4.28. The number of fused-ring (bicyclic) bond motifs is 1. The van der Waals surface area contributed by atoms with Crippen LogP contribution >= 0.6 is 0 Å². The molecule has 4 heteroatoms. The van der Waals surface area contributed by atoms with Gasteiger partial charge in [0.05, 0.1) is 12.6 Å². The van der Waals surface area contributed by atoms with E-state index in [-0.39, 0.29) is 6.04 Å². The zero-order valence-electron chi connectivity index (χ0n) is 9.38. The van der Waals surface area contributed by atoms with Gasteiger partial charge in [-0.05, 0) is 29.8 Å². The maximum Gasteiger partial charge on any atom is 0.128 e. The summed E-state index contributed by atoms with van der Waals surface area (Å²) in [7, 11) is 0. The number of amidine groups is 1. The van der Waals surface area contributed by atoms with Crippen molar-refractivity contribution in [2.45, 2.75) is 6.04 Å². The molecule has 4 nitrogen and oxygen atoms in total. The highest BCUT2D eigenvalue weighted by Gasteiger charge is 2.25. The van der Waals surface area contributed by atoms with E-state index in [1.165, 1.54) is 5.56 Å². The Kier molecular flexibility index (Phi) is 2.14. The third kappa shape index (κ3) is 1.78. The van der Waals surface area contributed by atoms with Crippen molar-refractivity contribution in [3.63, 3.8) is 0 Å². The molecule has 0 saturated carbocycles. The lowest BCUT2D eigenvalue weighted by atomic mass is 10.1. The Balaban J connectivity index is 1.87. The lowest BCUT2D eigenvalue weighted by Crippen LogP contribution is -2.24. The molecular formula is C13H14N4. The van der Waals surface area contributed by atoms with Gasteiger partial charge < -0.3 is 16.4 Å². The van der Waals surface area contributed by atoms with Crippen molar-refractivity contribution in [1.29, 1.82) is 0 Å². The minimum atomic E-state index is 0.164. The number of nitrogens with two attached hydrogens (primary N) is 2. The van der Waals surface area contributed by atoms with E-state index in [1.807, 2.05) is 42.6 Å². The van der Waals surface area contributed by atoms with Crippen LogP contribution in [0.1, 0.15) is 11.6 Å². The largest absolute Gasteiger partial charge is 0.399 e. The molecule has 1 aromatic carbocycles. The molecule has 2 aliphatic heterocycles. The van der Waals surface area contributed by atoms with E-state index < -0.39 is 0 Å². The Hall–Kier alpha value is -2.23. The van der Waals surface area contributed by atoms with Crippen LogP contribution in [0.4, 0.5) is 5.69 Å². The van der Waals surface area contributed by atoms with Crippen molar-refractivity contribution in [3.05, 3.63) is 53.9 Å². The molecule has 0 amide bonds. The maximum absolute atomic E-state index is 5.76. The highest BCUT2D eigenvalue weighted by molar-refractivity contribution is 5.96. The van der Waals surface area contributed by atoms with Gasteiger partial charge in [0.2, 0.25) is 0 Å². The van der Waals surface area contributed by atoms with E-state index in [0.29, 0.717) is 0 Å². The first-order valence-corrected chi connectivity index (χ1v) is 5.57. The molecule has 1 aromatic rings. The number of allylic oxidation sites excluding steroid dienone is 1. The molecule has 2 heterocycles. The van der Waals surface area contributed by atoms with Crippen LogP contribution in [0.25, 0.3) is 0 Å². The second kappa shape index (κ2) is 3.66. The van der Waals surface area contributed by atoms with Crippen LogP contribution in [-0.4, -0.2) is 17.3 Å². The van der Waals surface area contributed by atoms with Crippen LogP contribution in [0.5, 0.6) is 0 Å². The van der Waals surface area contributed by atoms with Gasteiger partial charge in [0.15, 0.2) is 0 Å². The number of aliphatic imine (C=N–C) groups is 1. The number of benzene rings is 1. The summed E-state index contributed by atoms with van der Waals surface area (Å²) in [6.07, 6.45) is 5.75. The third-order valence-electron chi connectivity index (χ3n) is 3.00. The fourth-order valence-corrected chi connectivity index (χ4v) is 2.10. The lowest BCUT2D eigenvalue weighted by molar-refractivity contribution is 0.546.